The van der Waals surface area contributed by atoms with Crippen LogP contribution in [0.5, 0.6) is 5.75 Å². The number of aromatic carboxylic acids is 1. The van der Waals surface area contributed by atoms with Crippen LogP contribution in [0, 0.1) is 0 Å². The highest BCUT2D eigenvalue weighted by atomic mass is 16.5. The molecule has 0 unspecified atom stereocenters. The molecule has 0 fully saturated rings. The van der Waals surface area contributed by atoms with Crippen molar-refractivity contribution in [2.45, 2.75) is 51.9 Å². The van der Waals surface area contributed by atoms with Crippen LogP contribution in [0.2, 0.25) is 0 Å². The number of hydrogen-bond donors (Lipinski definition) is 1. The maximum Gasteiger partial charge on any atom is 0.335 e. The van der Waals surface area contributed by atoms with E-state index in [1.165, 1.54) is 0 Å². The van der Waals surface area contributed by atoms with Gasteiger partial charge in [-0.3, -0.25) is 0 Å². The van der Waals surface area contributed by atoms with E-state index >= 15 is 0 Å². The molecule has 1 aliphatic rings. The van der Waals surface area contributed by atoms with Gasteiger partial charge in [0.25, 0.3) is 0 Å². The molecule has 0 amide bonds. The second kappa shape index (κ2) is 4.26. The van der Waals surface area contributed by atoms with E-state index in [1.807, 2.05) is 0 Å². The first-order chi connectivity index (χ1) is 8.63. The molecule has 1 aromatic carbocycles. The Kier molecular flexibility index (Phi) is 3.12. The van der Waals surface area contributed by atoms with Gasteiger partial charge >= 0.3 is 5.97 Å². The third kappa shape index (κ3) is 2.46. The molecule has 3 heteroatoms. The van der Waals surface area contributed by atoms with Crippen LogP contribution in [0.3, 0.4) is 0 Å². The van der Waals surface area contributed by atoms with Crippen molar-refractivity contribution < 1.29 is 14.6 Å². The Morgan fingerprint density at radius 2 is 1.95 bits per heavy atom. The third-order valence-electron chi connectivity index (χ3n) is 3.85. The zero-order valence-electron chi connectivity index (χ0n) is 12.3. The summed E-state index contributed by atoms with van der Waals surface area (Å²) in [5, 5.41) is 9.31. The van der Waals surface area contributed by atoms with E-state index in [0.29, 0.717) is 12.2 Å². The van der Waals surface area contributed by atoms with Crippen molar-refractivity contribution in [1.29, 1.82) is 0 Å². The number of fused-ring (bicyclic) bond motifs is 1. The van der Waals surface area contributed by atoms with E-state index in [-0.39, 0.29) is 10.8 Å². The first-order valence-corrected chi connectivity index (χ1v) is 6.68. The molecule has 0 bridgehead atoms. The Morgan fingerprint density at radius 1 is 1.32 bits per heavy atom. The summed E-state index contributed by atoms with van der Waals surface area (Å²) < 4.78 is 5.86. The first kappa shape index (κ1) is 13.9. The van der Waals surface area contributed by atoms with Gasteiger partial charge in [-0.15, -0.1) is 0 Å². The van der Waals surface area contributed by atoms with Gasteiger partial charge in [0.05, 0.1) is 12.2 Å². The fourth-order valence-electron chi connectivity index (χ4n) is 2.51. The van der Waals surface area contributed by atoms with Crippen LogP contribution in [-0.2, 0) is 10.8 Å². The van der Waals surface area contributed by atoms with Crippen molar-refractivity contribution in [2.24, 2.45) is 0 Å². The Morgan fingerprint density at radius 3 is 2.47 bits per heavy atom. The van der Waals surface area contributed by atoms with Gasteiger partial charge in [-0.1, -0.05) is 34.6 Å². The standard InChI is InChI=1S/C16H22O3/c1-15(2,3)11-8-10(14(17)18)9-12-13(11)19-7-6-16(12,4)5/h8-9H,6-7H2,1-5H3,(H,17,18). The number of ether oxygens (including phenoxy) is 1. The van der Waals surface area contributed by atoms with Gasteiger partial charge in [0.2, 0.25) is 0 Å². The minimum absolute atomic E-state index is 0.0426. The van der Waals surface area contributed by atoms with E-state index in [0.717, 1.165) is 23.3 Å². The minimum atomic E-state index is -0.880. The van der Waals surface area contributed by atoms with Crippen LogP contribution in [0.1, 0.15) is 62.5 Å². The maximum atomic E-state index is 11.3. The van der Waals surface area contributed by atoms with Gasteiger partial charge in [0, 0.05) is 11.1 Å². The zero-order chi connectivity index (χ0) is 14.4. The number of carboxylic acids is 1. The SMILES string of the molecule is CC(C)(C)c1cc(C(=O)O)cc2c1OCCC2(C)C. The van der Waals surface area contributed by atoms with E-state index in [2.05, 4.69) is 34.6 Å². The average Bonchev–Trinajstić information content (AvgIpc) is 2.26. The Labute approximate surface area is 114 Å². The Bertz CT molecular complexity index is 504. The lowest BCUT2D eigenvalue weighted by molar-refractivity contribution is 0.0696. The molecular formula is C16H22O3. The average molecular weight is 262 g/mol. The molecule has 0 saturated heterocycles. The zero-order valence-corrected chi connectivity index (χ0v) is 12.3. The lowest BCUT2D eigenvalue weighted by Crippen LogP contribution is -2.29. The topological polar surface area (TPSA) is 46.5 Å². The summed E-state index contributed by atoms with van der Waals surface area (Å²) in [5.74, 6) is 0.00317. The van der Waals surface area contributed by atoms with E-state index in [9.17, 15) is 9.90 Å². The number of hydrogen-bond acceptors (Lipinski definition) is 2. The van der Waals surface area contributed by atoms with E-state index < -0.39 is 5.97 Å². The molecule has 0 atom stereocenters. The quantitative estimate of drug-likeness (QED) is 0.838. The first-order valence-electron chi connectivity index (χ1n) is 6.68. The number of rotatable bonds is 1. The number of carbonyl (C=O) groups is 1. The van der Waals surface area contributed by atoms with Crippen LogP contribution in [0.25, 0.3) is 0 Å². The monoisotopic (exact) mass is 262 g/mol. The van der Waals surface area contributed by atoms with Gasteiger partial charge in [-0.25, -0.2) is 4.79 Å². The molecule has 0 spiro atoms. The molecule has 1 aromatic rings. The van der Waals surface area contributed by atoms with Gasteiger partial charge in [-0.2, -0.15) is 0 Å². The van der Waals surface area contributed by atoms with Gasteiger partial charge in [-0.05, 0) is 29.4 Å². The summed E-state index contributed by atoms with van der Waals surface area (Å²) in [7, 11) is 0. The molecule has 104 valence electrons. The van der Waals surface area contributed by atoms with Crippen LogP contribution >= 0.6 is 0 Å². The third-order valence-corrected chi connectivity index (χ3v) is 3.85. The van der Waals surface area contributed by atoms with Crippen molar-refractivity contribution in [3.63, 3.8) is 0 Å². The molecule has 19 heavy (non-hydrogen) atoms. The van der Waals surface area contributed by atoms with Gasteiger partial charge in [0.15, 0.2) is 0 Å². The predicted molar refractivity (Wildman–Crippen MR) is 75.2 cm³/mol. The molecule has 0 aliphatic carbocycles. The highest BCUT2D eigenvalue weighted by molar-refractivity contribution is 5.89. The van der Waals surface area contributed by atoms with Crippen molar-refractivity contribution in [3.05, 3.63) is 28.8 Å². The van der Waals surface area contributed by atoms with Crippen molar-refractivity contribution in [1.82, 2.24) is 0 Å². The molecule has 1 heterocycles. The molecule has 2 rings (SSSR count). The lowest BCUT2D eigenvalue weighted by Gasteiger charge is -2.36. The molecule has 1 aliphatic heterocycles. The fraction of sp³-hybridized carbons (Fsp3) is 0.562. The van der Waals surface area contributed by atoms with Crippen LogP contribution < -0.4 is 4.74 Å². The Balaban J connectivity index is 2.75. The van der Waals surface area contributed by atoms with E-state index in [1.54, 1.807) is 12.1 Å². The summed E-state index contributed by atoms with van der Waals surface area (Å²) >= 11 is 0. The summed E-state index contributed by atoms with van der Waals surface area (Å²) in [5.41, 5.74) is 2.17. The minimum Gasteiger partial charge on any atom is -0.493 e. The van der Waals surface area contributed by atoms with Crippen LogP contribution in [0.4, 0.5) is 0 Å². The van der Waals surface area contributed by atoms with Crippen molar-refractivity contribution in [2.75, 3.05) is 6.61 Å². The summed E-state index contributed by atoms with van der Waals surface area (Å²) in [6.45, 7) is 11.2. The van der Waals surface area contributed by atoms with Crippen molar-refractivity contribution in [3.8, 4) is 5.75 Å². The summed E-state index contributed by atoms with van der Waals surface area (Å²) in [6.07, 6.45) is 0.909. The smallest absolute Gasteiger partial charge is 0.335 e. The second-order valence-corrected chi connectivity index (χ2v) is 6.94. The van der Waals surface area contributed by atoms with Crippen LogP contribution in [-0.4, -0.2) is 17.7 Å². The highest BCUT2D eigenvalue weighted by Gasteiger charge is 2.34. The molecule has 0 aromatic heterocycles. The van der Waals surface area contributed by atoms with Gasteiger partial charge in [0.1, 0.15) is 5.75 Å². The number of carboxylic acid groups (broad SMARTS) is 1. The summed E-state index contributed by atoms with van der Waals surface area (Å²) in [6, 6.07) is 3.52. The van der Waals surface area contributed by atoms with Crippen molar-refractivity contribution >= 4 is 5.97 Å². The predicted octanol–water partition coefficient (Wildman–Crippen LogP) is 3.74. The Hall–Kier alpha value is -1.51. The molecule has 3 nitrogen and oxygen atoms in total. The number of benzene rings is 1. The van der Waals surface area contributed by atoms with Gasteiger partial charge < -0.3 is 9.84 Å². The summed E-state index contributed by atoms with van der Waals surface area (Å²) in [4.78, 5) is 11.3. The normalized spacial score (nSPS) is 17.5. The molecule has 1 N–H and O–H groups in total. The fourth-order valence-corrected chi connectivity index (χ4v) is 2.51. The van der Waals surface area contributed by atoms with Crippen LogP contribution in [0.15, 0.2) is 12.1 Å². The molecular weight excluding hydrogens is 240 g/mol. The lowest BCUT2D eigenvalue weighted by atomic mass is 9.75. The maximum absolute atomic E-state index is 11.3. The molecule has 0 saturated carbocycles. The highest BCUT2D eigenvalue weighted by Crippen LogP contribution is 2.44. The second-order valence-electron chi connectivity index (χ2n) is 6.94. The largest absolute Gasteiger partial charge is 0.493 e. The van der Waals surface area contributed by atoms with E-state index in [4.69, 9.17) is 4.74 Å². The molecule has 0 radical (unpaired) electrons.